The number of alkyl halides is 3. The highest BCUT2D eigenvalue weighted by molar-refractivity contribution is 5.80. The number of carbonyl (C=O) groups excluding carboxylic acids is 1. The van der Waals surface area contributed by atoms with E-state index in [1.54, 1.807) is 0 Å². The predicted molar refractivity (Wildman–Crippen MR) is 148 cm³/mol. The summed E-state index contributed by atoms with van der Waals surface area (Å²) in [4.78, 5) is 27.3. The van der Waals surface area contributed by atoms with Crippen LogP contribution in [0.5, 0.6) is 0 Å². The molecule has 0 atom stereocenters. The van der Waals surface area contributed by atoms with E-state index in [2.05, 4.69) is 42.0 Å². The normalized spacial score (nSPS) is 30.5. The summed E-state index contributed by atoms with van der Waals surface area (Å²) in [5, 5.41) is 12.6. The predicted octanol–water partition coefficient (Wildman–Crippen LogP) is 4.93. The molecule has 224 valence electrons. The SMILES string of the molecule is CC(C)(C)c1nc(C2CCC2)cc(N2CCN(CCC3CCC(NC(=O)[C@H]4C[C@@](O)(C(F)(F)F)C4)CC3)CC2)n1. The number of anilines is 1. The summed E-state index contributed by atoms with van der Waals surface area (Å²) in [7, 11) is 0. The minimum atomic E-state index is -4.67. The Bertz CT molecular complexity index is 1030. The average Bonchev–Trinajstić information content (AvgIpc) is 2.84. The Labute approximate surface area is 236 Å². The van der Waals surface area contributed by atoms with Gasteiger partial charge in [0.1, 0.15) is 11.6 Å². The third-order valence-corrected chi connectivity index (χ3v) is 9.74. The number of nitrogens with zero attached hydrogens (tertiary/aromatic N) is 4. The number of aromatic nitrogens is 2. The average molecular weight is 566 g/mol. The minimum absolute atomic E-state index is 0.0301. The Morgan fingerprint density at radius 1 is 1.02 bits per heavy atom. The second kappa shape index (κ2) is 11.4. The van der Waals surface area contributed by atoms with E-state index in [9.17, 15) is 23.1 Å². The molecule has 7 nitrogen and oxygen atoms in total. The molecule has 0 radical (unpaired) electrons. The van der Waals surface area contributed by atoms with Crippen LogP contribution in [-0.2, 0) is 10.2 Å². The highest BCUT2D eigenvalue weighted by Crippen LogP contribution is 2.48. The minimum Gasteiger partial charge on any atom is -0.380 e. The van der Waals surface area contributed by atoms with Gasteiger partial charge in [0, 0.05) is 61.2 Å². The van der Waals surface area contributed by atoms with Crippen molar-refractivity contribution in [1.29, 1.82) is 0 Å². The molecular formula is C30H46F3N5O2. The molecule has 1 aromatic heterocycles. The van der Waals surface area contributed by atoms with E-state index in [0.717, 1.165) is 76.5 Å². The van der Waals surface area contributed by atoms with Crippen LogP contribution in [0.25, 0.3) is 0 Å². The third kappa shape index (κ3) is 6.58. The van der Waals surface area contributed by atoms with Crippen molar-refractivity contribution in [1.82, 2.24) is 20.2 Å². The van der Waals surface area contributed by atoms with E-state index in [4.69, 9.17) is 9.97 Å². The molecule has 3 aliphatic carbocycles. The number of nitrogens with one attached hydrogen (secondary N) is 1. The third-order valence-electron chi connectivity index (χ3n) is 9.74. The van der Waals surface area contributed by atoms with Crippen molar-refractivity contribution in [2.45, 2.75) is 114 Å². The summed E-state index contributed by atoms with van der Waals surface area (Å²) in [6.07, 6.45) is 2.97. The lowest BCUT2D eigenvalue weighted by Gasteiger charge is -2.44. The zero-order valence-electron chi connectivity index (χ0n) is 24.3. The first-order valence-electron chi connectivity index (χ1n) is 15.3. The molecule has 40 heavy (non-hydrogen) atoms. The molecule has 1 aromatic rings. The molecule has 5 rings (SSSR count). The van der Waals surface area contributed by atoms with Gasteiger partial charge in [0.15, 0.2) is 5.60 Å². The Morgan fingerprint density at radius 3 is 2.23 bits per heavy atom. The fourth-order valence-corrected chi connectivity index (χ4v) is 6.52. The first kappa shape index (κ1) is 29.5. The maximum Gasteiger partial charge on any atom is 0.417 e. The van der Waals surface area contributed by atoms with Gasteiger partial charge in [-0.1, -0.05) is 27.2 Å². The number of halogens is 3. The quantitative estimate of drug-likeness (QED) is 0.488. The van der Waals surface area contributed by atoms with Crippen molar-refractivity contribution >= 4 is 11.7 Å². The lowest BCUT2D eigenvalue weighted by molar-refractivity contribution is -0.296. The molecular weight excluding hydrogens is 519 g/mol. The Morgan fingerprint density at radius 2 is 1.68 bits per heavy atom. The van der Waals surface area contributed by atoms with Crippen LogP contribution in [0.2, 0.25) is 0 Å². The number of aliphatic hydroxyl groups is 1. The van der Waals surface area contributed by atoms with Gasteiger partial charge in [-0.2, -0.15) is 13.2 Å². The van der Waals surface area contributed by atoms with Crippen LogP contribution in [-0.4, -0.2) is 76.4 Å². The van der Waals surface area contributed by atoms with Crippen LogP contribution < -0.4 is 10.2 Å². The number of amides is 1. The maximum atomic E-state index is 12.8. The van der Waals surface area contributed by atoms with Crippen molar-refractivity contribution < 1.29 is 23.1 Å². The van der Waals surface area contributed by atoms with Crippen molar-refractivity contribution in [3.63, 3.8) is 0 Å². The Balaban J connectivity index is 1.02. The summed E-state index contributed by atoms with van der Waals surface area (Å²) in [5.41, 5.74) is -1.55. The molecule has 0 bridgehead atoms. The summed E-state index contributed by atoms with van der Waals surface area (Å²) >= 11 is 0. The molecule has 0 unspecified atom stereocenters. The number of piperazine rings is 1. The standard InChI is InChI=1S/C30H46F3N5O2/c1-28(2,3)27-35-24(21-5-4-6-21)17-25(36-27)38-15-13-37(14-16-38)12-11-20-7-9-23(10-8-20)34-26(39)22-18-29(40,19-22)30(31,32)33/h17,20-23,40H,4-16,18-19H2,1-3H3,(H,34,39)/t20?,22-,23?,29-. The second-order valence-electron chi connectivity index (χ2n) is 13.8. The largest absolute Gasteiger partial charge is 0.417 e. The lowest BCUT2D eigenvalue weighted by atomic mass is 9.69. The highest BCUT2D eigenvalue weighted by atomic mass is 19.4. The van der Waals surface area contributed by atoms with Crippen LogP contribution in [0.3, 0.4) is 0 Å². The van der Waals surface area contributed by atoms with Crippen molar-refractivity contribution in [2.75, 3.05) is 37.6 Å². The van der Waals surface area contributed by atoms with Gasteiger partial charge >= 0.3 is 6.18 Å². The monoisotopic (exact) mass is 565 g/mol. The van der Waals surface area contributed by atoms with E-state index in [1.165, 1.54) is 25.0 Å². The van der Waals surface area contributed by atoms with Gasteiger partial charge in [0.2, 0.25) is 5.91 Å². The number of rotatable bonds is 7. The van der Waals surface area contributed by atoms with Crippen molar-refractivity contribution in [3.05, 3.63) is 17.6 Å². The molecule has 4 aliphatic rings. The van der Waals surface area contributed by atoms with Gasteiger partial charge in [-0.15, -0.1) is 0 Å². The van der Waals surface area contributed by atoms with Gasteiger partial charge in [-0.05, 0) is 70.3 Å². The zero-order chi connectivity index (χ0) is 28.7. The fraction of sp³-hybridized carbons (Fsp3) is 0.833. The summed E-state index contributed by atoms with van der Waals surface area (Å²) < 4.78 is 38.5. The van der Waals surface area contributed by atoms with Crippen LogP contribution in [0.15, 0.2) is 6.07 Å². The van der Waals surface area contributed by atoms with Gasteiger partial charge in [0.25, 0.3) is 0 Å². The number of carbonyl (C=O) groups is 1. The second-order valence-corrected chi connectivity index (χ2v) is 13.8. The first-order valence-corrected chi connectivity index (χ1v) is 15.3. The van der Waals surface area contributed by atoms with Gasteiger partial charge in [-0.25, -0.2) is 9.97 Å². The number of hydrogen-bond donors (Lipinski definition) is 2. The van der Waals surface area contributed by atoms with E-state index in [0.29, 0.717) is 11.8 Å². The molecule has 1 amide bonds. The van der Waals surface area contributed by atoms with Gasteiger partial charge < -0.3 is 15.3 Å². The maximum absolute atomic E-state index is 12.8. The van der Waals surface area contributed by atoms with E-state index < -0.39 is 30.5 Å². The summed E-state index contributed by atoms with van der Waals surface area (Å²) in [5.74, 6) is 2.14. The molecule has 3 saturated carbocycles. The summed E-state index contributed by atoms with van der Waals surface area (Å²) in [6, 6.07) is 2.26. The molecule has 4 fully saturated rings. The summed E-state index contributed by atoms with van der Waals surface area (Å²) in [6.45, 7) is 11.6. The van der Waals surface area contributed by atoms with Crippen LogP contribution in [0, 0.1) is 11.8 Å². The van der Waals surface area contributed by atoms with Crippen LogP contribution in [0.4, 0.5) is 19.0 Å². The Hall–Kier alpha value is -1.94. The van der Waals surface area contributed by atoms with E-state index in [-0.39, 0.29) is 17.4 Å². The van der Waals surface area contributed by atoms with Crippen molar-refractivity contribution in [3.8, 4) is 0 Å². The molecule has 0 spiro atoms. The smallest absolute Gasteiger partial charge is 0.380 e. The van der Waals surface area contributed by atoms with Gasteiger partial charge in [-0.3, -0.25) is 9.69 Å². The van der Waals surface area contributed by atoms with Crippen LogP contribution >= 0.6 is 0 Å². The molecule has 1 saturated heterocycles. The first-order chi connectivity index (χ1) is 18.8. The van der Waals surface area contributed by atoms with E-state index >= 15 is 0 Å². The highest BCUT2D eigenvalue weighted by Gasteiger charge is 2.62. The zero-order valence-corrected chi connectivity index (χ0v) is 24.3. The van der Waals surface area contributed by atoms with E-state index in [1.807, 2.05) is 0 Å². The number of hydrogen-bond acceptors (Lipinski definition) is 6. The van der Waals surface area contributed by atoms with Crippen molar-refractivity contribution in [2.24, 2.45) is 11.8 Å². The molecule has 2 N–H and O–H groups in total. The molecule has 2 heterocycles. The molecule has 0 aromatic carbocycles. The molecule has 10 heteroatoms. The van der Waals surface area contributed by atoms with Crippen LogP contribution in [0.1, 0.15) is 102 Å². The Kier molecular flexibility index (Phi) is 8.41. The van der Waals surface area contributed by atoms with Gasteiger partial charge in [0.05, 0.1) is 0 Å². The lowest BCUT2D eigenvalue weighted by Crippen LogP contribution is -2.59. The fourth-order valence-electron chi connectivity index (χ4n) is 6.52. The molecule has 1 aliphatic heterocycles. The topological polar surface area (TPSA) is 81.6 Å².